The summed E-state index contributed by atoms with van der Waals surface area (Å²) in [6.45, 7) is 0. The molecule has 1 unspecified atom stereocenters. The summed E-state index contributed by atoms with van der Waals surface area (Å²) in [6.07, 6.45) is 0.666. The highest BCUT2D eigenvalue weighted by Gasteiger charge is 2.35. The van der Waals surface area contributed by atoms with Gasteiger partial charge in [-0.3, -0.25) is 0 Å². The van der Waals surface area contributed by atoms with Gasteiger partial charge in [0.2, 0.25) is 0 Å². The van der Waals surface area contributed by atoms with Crippen molar-refractivity contribution < 1.29 is 14.6 Å². The first-order valence-electron chi connectivity index (χ1n) is 4.72. The van der Waals surface area contributed by atoms with E-state index in [2.05, 4.69) is 0 Å². The quantitative estimate of drug-likeness (QED) is 0.749. The molecule has 3 heteroatoms. The first-order chi connectivity index (χ1) is 6.77. The van der Waals surface area contributed by atoms with Crippen molar-refractivity contribution in [2.75, 3.05) is 0 Å². The van der Waals surface area contributed by atoms with Crippen molar-refractivity contribution in [3.8, 4) is 0 Å². The van der Waals surface area contributed by atoms with E-state index in [0.717, 1.165) is 18.4 Å². The van der Waals surface area contributed by atoms with Crippen LogP contribution in [0.1, 0.15) is 24.5 Å². The van der Waals surface area contributed by atoms with Crippen LogP contribution in [-0.4, -0.2) is 11.3 Å². The Balaban J connectivity index is 2.14. The molecule has 1 aromatic rings. The van der Waals surface area contributed by atoms with E-state index < -0.39 is 6.16 Å². The lowest BCUT2D eigenvalue weighted by Gasteiger charge is -2.15. The molecule has 2 rings (SSSR count). The van der Waals surface area contributed by atoms with Crippen LogP contribution in [-0.2, 0) is 4.74 Å². The van der Waals surface area contributed by atoms with Crippen LogP contribution in [0.5, 0.6) is 0 Å². The largest absolute Gasteiger partial charge is 0.506 e. The molecule has 3 nitrogen and oxygen atoms in total. The molecule has 0 heterocycles. The van der Waals surface area contributed by atoms with Crippen LogP contribution in [0.3, 0.4) is 0 Å². The number of rotatable bonds is 3. The Morgan fingerprint density at radius 3 is 2.50 bits per heavy atom. The van der Waals surface area contributed by atoms with Gasteiger partial charge in [0.25, 0.3) is 0 Å². The number of carboxylic acid groups (broad SMARTS) is 1. The van der Waals surface area contributed by atoms with E-state index in [1.807, 2.05) is 30.3 Å². The van der Waals surface area contributed by atoms with Crippen molar-refractivity contribution in [2.45, 2.75) is 18.9 Å². The summed E-state index contributed by atoms with van der Waals surface area (Å²) in [4.78, 5) is 10.5. The third-order valence-corrected chi connectivity index (χ3v) is 2.41. The van der Waals surface area contributed by atoms with Gasteiger partial charge in [0, 0.05) is 5.92 Å². The van der Waals surface area contributed by atoms with Gasteiger partial charge >= 0.3 is 6.16 Å². The standard InChI is InChI=1S/C11H12O3/c12-11(13)14-10(9-6-7-9)8-4-2-1-3-5-8/h1-5,9-10H,6-7H2,(H,12,13). The fourth-order valence-electron chi connectivity index (χ4n) is 1.59. The fourth-order valence-corrected chi connectivity index (χ4v) is 1.59. The predicted octanol–water partition coefficient (Wildman–Crippen LogP) is 2.83. The van der Waals surface area contributed by atoms with E-state index in [9.17, 15) is 4.79 Å². The van der Waals surface area contributed by atoms with Crippen LogP contribution in [0.15, 0.2) is 30.3 Å². The summed E-state index contributed by atoms with van der Waals surface area (Å²) in [7, 11) is 0. The van der Waals surface area contributed by atoms with Crippen molar-refractivity contribution in [3.05, 3.63) is 35.9 Å². The molecular weight excluding hydrogens is 180 g/mol. The molecule has 0 bridgehead atoms. The molecule has 74 valence electrons. The first kappa shape index (κ1) is 9.06. The van der Waals surface area contributed by atoms with Crippen LogP contribution >= 0.6 is 0 Å². The summed E-state index contributed by atoms with van der Waals surface area (Å²) in [5.74, 6) is 0.383. The molecule has 1 aliphatic rings. The Kier molecular flexibility index (Phi) is 2.39. The molecule has 0 saturated heterocycles. The lowest BCUT2D eigenvalue weighted by atomic mass is 10.1. The molecule has 1 aliphatic carbocycles. The van der Waals surface area contributed by atoms with E-state index in [1.54, 1.807) is 0 Å². The van der Waals surface area contributed by atoms with Gasteiger partial charge in [-0.25, -0.2) is 4.79 Å². The van der Waals surface area contributed by atoms with E-state index in [1.165, 1.54) is 0 Å². The second kappa shape index (κ2) is 3.70. The van der Waals surface area contributed by atoms with Crippen molar-refractivity contribution in [3.63, 3.8) is 0 Å². The SMILES string of the molecule is O=C(O)OC(c1ccccc1)C1CC1. The molecule has 1 N–H and O–H groups in total. The van der Waals surface area contributed by atoms with E-state index >= 15 is 0 Å². The Hall–Kier alpha value is -1.51. The minimum Gasteiger partial charge on any atom is -0.450 e. The lowest BCUT2D eigenvalue weighted by Crippen LogP contribution is -2.10. The Morgan fingerprint density at radius 1 is 1.36 bits per heavy atom. The van der Waals surface area contributed by atoms with Crippen molar-refractivity contribution in [2.24, 2.45) is 5.92 Å². The summed E-state index contributed by atoms with van der Waals surface area (Å²) in [5.41, 5.74) is 0.956. The second-order valence-corrected chi connectivity index (χ2v) is 3.55. The van der Waals surface area contributed by atoms with Crippen LogP contribution in [0.4, 0.5) is 4.79 Å². The normalized spacial score (nSPS) is 17.4. The molecule has 1 aromatic carbocycles. The molecule has 1 saturated carbocycles. The van der Waals surface area contributed by atoms with Crippen LogP contribution in [0, 0.1) is 5.92 Å². The molecular formula is C11H12O3. The monoisotopic (exact) mass is 192 g/mol. The fraction of sp³-hybridized carbons (Fsp3) is 0.364. The van der Waals surface area contributed by atoms with Crippen molar-refractivity contribution in [1.82, 2.24) is 0 Å². The average Bonchev–Trinajstić information content (AvgIpc) is 2.99. The highest BCUT2D eigenvalue weighted by molar-refractivity contribution is 5.57. The Labute approximate surface area is 82.3 Å². The van der Waals surface area contributed by atoms with E-state index in [0.29, 0.717) is 5.92 Å². The number of hydrogen-bond acceptors (Lipinski definition) is 2. The minimum atomic E-state index is -1.19. The number of benzene rings is 1. The molecule has 0 radical (unpaired) electrons. The molecule has 0 aromatic heterocycles. The maximum atomic E-state index is 10.5. The summed E-state index contributed by atoms with van der Waals surface area (Å²) in [5, 5.41) is 8.60. The minimum absolute atomic E-state index is 0.270. The highest BCUT2D eigenvalue weighted by Crippen LogP contribution is 2.43. The summed E-state index contributed by atoms with van der Waals surface area (Å²) < 4.78 is 4.88. The number of ether oxygens (including phenoxy) is 1. The van der Waals surface area contributed by atoms with Gasteiger partial charge in [0.15, 0.2) is 0 Å². The summed E-state index contributed by atoms with van der Waals surface area (Å²) >= 11 is 0. The topological polar surface area (TPSA) is 46.5 Å². The van der Waals surface area contributed by atoms with Crippen LogP contribution < -0.4 is 0 Å². The van der Waals surface area contributed by atoms with Crippen LogP contribution in [0.25, 0.3) is 0 Å². The predicted molar refractivity (Wildman–Crippen MR) is 51.0 cm³/mol. The third kappa shape index (κ3) is 2.05. The van der Waals surface area contributed by atoms with Gasteiger partial charge in [-0.05, 0) is 18.4 Å². The smallest absolute Gasteiger partial charge is 0.450 e. The molecule has 0 spiro atoms. The number of hydrogen-bond donors (Lipinski definition) is 1. The Morgan fingerprint density at radius 2 is 2.00 bits per heavy atom. The van der Waals surface area contributed by atoms with Gasteiger partial charge in [-0.1, -0.05) is 30.3 Å². The molecule has 0 amide bonds. The average molecular weight is 192 g/mol. The van der Waals surface area contributed by atoms with Crippen molar-refractivity contribution >= 4 is 6.16 Å². The maximum Gasteiger partial charge on any atom is 0.506 e. The summed E-state index contributed by atoms with van der Waals surface area (Å²) in [6, 6.07) is 9.53. The second-order valence-electron chi connectivity index (χ2n) is 3.55. The van der Waals surface area contributed by atoms with E-state index in [-0.39, 0.29) is 6.10 Å². The highest BCUT2D eigenvalue weighted by atomic mass is 16.7. The third-order valence-electron chi connectivity index (χ3n) is 2.41. The van der Waals surface area contributed by atoms with Gasteiger partial charge in [0.1, 0.15) is 6.10 Å². The van der Waals surface area contributed by atoms with Crippen molar-refractivity contribution in [1.29, 1.82) is 0 Å². The zero-order valence-electron chi connectivity index (χ0n) is 7.72. The molecule has 1 atom stereocenters. The van der Waals surface area contributed by atoms with Crippen LogP contribution in [0.2, 0.25) is 0 Å². The van der Waals surface area contributed by atoms with E-state index in [4.69, 9.17) is 9.84 Å². The Bertz CT molecular complexity index is 317. The van der Waals surface area contributed by atoms with Gasteiger partial charge < -0.3 is 9.84 Å². The number of carbonyl (C=O) groups is 1. The zero-order chi connectivity index (χ0) is 9.97. The molecule has 0 aliphatic heterocycles. The first-order valence-corrected chi connectivity index (χ1v) is 4.72. The van der Waals surface area contributed by atoms with Gasteiger partial charge in [-0.2, -0.15) is 0 Å². The van der Waals surface area contributed by atoms with Gasteiger partial charge in [0.05, 0.1) is 0 Å². The molecule has 1 fully saturated rings. The lowest BCUT2D eigenvalue weighted by molar-refractivity contribution is 0.0416. The van der Waals surface area contributed by atoms with Gasteiger partial charge in [-0.15, -0.1) is 0 Å². The maximum absolute atomic E-state index is 10.5. The zero-order valence-corrected chi connectivity index (χ0v) is 7.72. The molecule has 14 heavy (non-hydrogen) atoms.